The third-order valence-corrected chi connectivity index (χ3v) is 5.33. The van der Waals surface area contributed by atoms with Crippen molar-refractivity contribution < 1.29 is 9.90 Å². The predicted molar refractivity (Wildman–Crippen MR) is 96.7 cm³/mol. The van der Waals surface area contributed by atoms with Crippen molar-refractivity contribution in [1.29, 1.82) is 0 Å². The number of benzene rings is 1. The van der Waals surface area contributed by atoms with Crippen molar-refractivity contribution in [3.05, 3.63) is 35.9 Å². The molecule has 0 bridgehead atoms. The Hall–Kier alpha value is -1.20. The van der Waals surface area contributed by atoms with Gasteiger partial charge in [-0.3, -0.25) is 0 Å². The summed E-state index contributed by atoms with van der Waals surface area (Å²) in [6, 6.07) is 10.4. The van der Waals surface area contributed by atoms with Gasteiger partial charge in [0.05, 0.1) is 6.04 Å². The number of carbonyl (C=O) groups excluding carboxylic acids is 1. The van der Waals surface area contributed by atoms with Crippen LogP contribution in [0.25, 0.3) is 0 Å². The molecule has 1 heterocycles. The molecule has 0 aromatic heterocycles. The van der Waals surface area contributed by atoms with Crippen LogP contribution in [0.3, 0.4) is 0 Å². The number of thioether (sulfide) groups is 1. The fraction of sp³-hybridized carbons (Fsp3) is 0.611. The molecular weight excluding hydrogens is 308 g/mol. The van der Waals surface area contributed by atoms with Crippen LogP contribution in [0.15, 0.2) is 30.3 Å². The van der Waals surface area contributed by atoms with Crippen LogP contribution in [-0.4, -0.2) is 47.2 Å². The summed E-state index contributed by atoms with van der Waals surface area (Å²) < 4.78 is 0. The van der Waals surface area contributed by atoms with Gasteiger partial charge in [0, 0.05) is 31.2 Å². The number of aliphatic hydroxyl groups is 1. The highest BCUT2D eigenvalue weighted by atomic mass is 32.2. The van der Waals surface area contributed by atoms with Gasteiger partial charge < -0.3 is 15.3 Å². The lowest BCUT2D eigenvalue weighted by Gasteiger charge is -2.35. The average molecular weight is 337 g/mol. The van der Waals surface area contributed by atoms with Gasteiger partial charge in [-0.05, 0) is 23.8 Å². The Bertz CT molecular complexity index is 493. The lowest BCUT2D eigenvalue weighted by atomic mass is 9.89. The van der Waals surface area contributed by atoms with E-state index in [0.29, 0.717) is 6.54 Å². The van der Waals surface area contributed by atoms with Crippen LogP contribution in [-0.2, 0) is 0 Å². The van der Waals surface area contributed by atoms with Crippen molar-refractivity contribution in [2.45, 2.75) is 32.7 Å². The van der Waals surface area contributed by atoms with E-state index in [1.165, 1.54) is 5.56 Å². The van der Waals surface area contributed by atoms with Crippen molar-refractivity contribution in [3.63, 3.8) is 0 Å². The molecule has 2 amide bonds. The molecule has 1 unspecified atom stereocenters. The molecule has 128 valence electrons. The molecule has 0 radical (unpaired) electrons. The maximum atomic E-state index is 12.5. The molecule has 0 aliphatic carbocycles. The van der Waals surface area contributed by atoms with E-state index in [1.807, 2.05) is 48.7 Å². The second kappa shape index (κ2) is 8.60. The first kappa shape index (κ1) is 18.1. The lowest BCUT2D eigenvalue weighted by molar-refractivity contribution is 0.147. The number of amides is 2. The number of carbonyl (C=O) groups is 1. The zero-order valence-electron chi connectivity index (χ0n) is 14.1. The highest BCUT2D eigenvalue weighted by Crippen LogP contribution is 2.29. The average Bonchev–Trinajstić information content (AvgIpc) is 2.59. The Balaban J connectivity index is 1.87. The van der Waals surface area contributed by atoms with E-state index in [9.17, 15) is 9.90 Å². The quantitative estimate of drug-likeness (QED) is 0.784. The smallest absolute Gasteiger partial charge is 0.317 e. The Morgan fingerprint density at radius 1 is 1.39 bits per heavy atom. The zero-order chi connectivity index (χ0) is 16.7. The lowest BCUT2D eigenvalue weighted by Crippen LogP contribution is -2.46. The van der Waals surface area contributed by atoms with E-state index in [1.54, 1.807) is 0 Å². The first-order valence-electron chi connectivity index (χ1n) is 8.31. The van der Waals surface area contributed by atoms with Gasteiger partial charge in [0.25, 0.3) is 0 Å². The Morgan fingerprint density at radius 3 is 2.83 bits per heavy atom. The van der Waals surface area contributed by atoms with Crippen LogP contribution >= 0.6 is 11.8 Å². The zero-order valence-corrected chi connectivity index (χ0v) is 14.9. The molecule has 23 heavy (non-hydrogen) atoms. The number of nitrogens with zero attached hydrogens (tertiary/aromatic N) is 1. The van der Waals surface area contributed by atoms with Gasteiger partial charge >= 0.3 is 6.03 Å². The normalized spacial score (nSPS) is 18.7. The summed E-state index contributed by atoms with van der Waals surface area (Å²) in [5.41, 5.74) is 1.13. The highest BCUT2D eigenvalue weighted by molar-refractivity contribution is 7.99. The fourth-order valence-corrected chi connectivity index (χ4v) is 3.83. The Kier molecular flexibility index (Phi) is 6.78. The first-order valence-corrected chi connectivity index (χ1v) is 9.47. The van der Waals surface area contributed by atoms with Crippen LogP contribution in [0.1, 0.15) is 38.3 Å². The number of urea groups is 1. The monoisotopic (exact) mass is 336 g/mol. The molecule has 2 N–H and O–H groups in total. The van der Waals surface area contributed by atoms with Crippen molar-refractivity contribution >= 4 is 17.8 Å². The number of rotatable bonds is 6. The van der Waals surface area contributed by atoms with E-state index in [0.717, 1.165) is 30.9 Å². The maximum Gasteiger partial charge on any atom is 0.317 e. The molecule has 1 atom stereocenters. The summed E-state index contributed by atoms with van der Waals surface area (Å²) >= 11 is 1.90. The van der Waals surface area contributed by atoms with E-state index in [4.69, 9.17) is 0 Å². The summed E-state index contributed by atoms with van der Waals surface area (Å²) in [5.74, 6) is 1.95. The van der Waals surface area contributed by atoms with Gasteiger partial charge in [0.2, 0.25) is 0 Å². The van der Waals surface area contributed by atoms with Gasteiger partial charge in [-0.2, -0.15) is 11.8 Å². The molecule has 1 saturated heterocycles. The van der Waals surface area contributed by atoms with Crippen LogP contribution < -0.4 is 5.32 Å². The molecular formula is C18H28N2O2S. The van der Waals surface area contributed by atoms with Gasteiger partial charge in [0.15, 0.2) is 0 Å². The second-order valence-electron chi connectivity index (χ2n) is 6.85. The molecule has 1 aliphatic rings. The number of hydrogen-bond acceptors (Lipinski definition) is 3. The van der Waals surface area contributed by atoms with Crippen LogP contribution in [0.4, 0.5) is 4.79 Å². The third kappa shape index (κ3) is 5.43. The van der Waals surface area contributed by atoms with Crippen molar-refractivity contribution in [3.8, 4) is 0 Å². The van der Waals surface area contributed by atoms with Crippen LogP contribution in [0, 0.1) is 5.41 Å². The number of nitrogens with one attached hydrogen (secondary N) is 1. The predicted octanol–water partition coefficient (Wildman–Crippen LogP) is 3.28. The largest absolute Gasteiger partial charge is 0.396 e. The summed E-state index contributed by atoms with van der Waals surface area (Å²) in [6.45, 7) is 5.72. The summed E-state index contributed by atoms with van der Waals surface area (Å²) in [7, 11) is 0. The molecule has 1 aromatic carbocycles. The minimum absolute atomic E-state index is 0.0287. The van der Waals surface area contributed by atoms with Crippen LogP contribution in [0.5, 0.6) is 0 Å². The molecule has 2 rings (SSSR count). The highest BCUT2D eigenvalue weighted by Gasteiger charge is 2.28. The third-order valence-electron chi connectivity index (χ3n) is 4.31. The number of aliphatic hydroxyl groups excluding tert-OH is 1. The van der Waals surface area contributed by atoms with Gasteiger partial charge in [-0.25, -0.2) is 4.79 Å². The minimum atomic E-state index is -0.0704. The molecule has 5 heteroatoms. The molecule has 0 spiro atoms. The van der Waals surface area contributed by atoms with Crippen LogP contribution in [0.2, 0.25) is 0 Å². The SMILES string of the molecule is CC(C)(CO)CCCNC(=O)N1CCSCC1c1ccccc1. The summed E-state index contributed by atoms with van der Waals surface area (Å²) in [4.78, 5) is 14.5. The van der Waals surface area contributed by atoms with E-state index >= 15 is 0 Å². The topological polar surface area (TPSA) is 52.6 Å². The summed E-state index contributed by atoms with van der Waals surface area (Å²) in [5, 5.41) is 12.3. The molecule has 0 saturated carbocycles. The Labute approximate surface area is 143 Å². The molecule has 1 aliphatic heterocycles. The second-order valence-corrected chi connectivity index (χ2v) is 8.00. The van der Waals surface area contributed by atoms with Crippen molar-refractivity contribution in [1.82, 2.24) is 10.2 Å². The van der Waals surface area contributed by atoms with Gasteiger partial charge in [0.1, 0.15) is 0 Å². The first-order chi connectivity index (χ1) is 11.0. The van der Waals surface area contributed by atoms with Gasteiger partial charge in [-0.15, -0.1) is 0 Å². The maximum absolute atomic E-state index is 12.5. The minimum Gasteiger partial charge on any atom is -0.396 e. The van der Waals surface area contributed by atoms with E-state index in [2.05, 4.69) is 17.4 Å². The number of hydrogen-bond donors (Lipinski definition) is 2. The van der Waals surface area contributed by atoms with Crippen molar-refractivity contribution in [2.75, 3.05) is 31.2 Å². The van der Waals surface area contributed by atoms with E-state index < -0.39 is 0 Å². The summed E-state index contributed by atoms with van der Waals surface area (Å²) in [6.07, 6.45) is 1.79. The molecule has 1 fully saturated rings. The van der Waals surface area contributed by atoms with E-state index in [-0.39, 0.29) is 24.1 Å². The fourth-order valence-electron chi connectivity index (χ4n) is 2.74. The Morgan fingerprint density at radius 2 is 2.13 bits per heavy atom. The molecule has 4 nitrogen and oxygen atoms in total. The standard InChI is InChI=1S/C18H28N2O2S/c1-18(2,14-21)9-6-10-19-17(22)20-11-12-23-13-16(20)15-7-4-3-5-8-15/h3-5,7-8,16,21H,6,9-14H2,1-2H3,(H,19,22). The van der Waals surface area contributed by atoms with Crippen molar-refractivity contribution in [2.24, 2.45) is 5.41 Å². The van der Waals surface area contributed by atoms with Gasteiger partial charge in [-0.1, -0.05) is 44.2 Å². The molecule has 1 aromatic rings.